The van der Waals surface area contributed by atoms with Crippen molar-refractivity contribution in [1.82, 2.24) is 20.0 Å². The maximum Gasteiger partial charge on any atom is 0.229 e. The molecule has 0 unspecified atom stereocenters. The van der Waals surface area contributed by atoms with E-state index in [9.17, 15) is 4.79 Å². The molecule has 1 saturated carbocycles. The molecule has 0 saturated heterocycles. The Morgan fingerprint density at radius 1 is 1.24 bits per heavy atom. The van der Waals surface area contributed by atoms with Crippen molar-refractivity contribution >= 4 is 10.9 Å². The molecule has 0 amide bonds. The van der Waals surface area contributed by atoms with Crippen LogP contribution in [0.15, 0.2) is 27.5 Å². The fourth-order valence-electron chi connectivity index (χ4n) is 3.22. The lowest BCUT2D eigenvalue weighted by Crippen LogP contribution is -2.20. The van der Waals surface area contributed by atoms with E-state index in [1.165, 1.54) is 0 Å². The summed E-state index contributed by atoms with van der Waals surface area (Å²) in [7, 11) is 1.98. The van der Waals surface area contributed by atoms with Crippen molar-refractivity contribution in [3.05, 3.63) is 57.0 Å². The van der Waals surface area contributed by atoms with Crippen LogP contribution in [0.5, 0.6) is 0 Å². The second kappa shape index (κ2) is 6.11. The number of pyridine rings is 1. The molecule has 1 fully saturated rings. The predicted molar refractivity (Wildman–Crippen MR) is 95.5 cm³/mol. The molecule has 0 aliphatic heterocycles. The standard InChI is InChI=1S/C19H22N4O2/c1-11-4-5-12(2)18-17(11)15(24)8-14(20-18)9-23(3)10-16-21-19(25-22-16)13-6-7-13/h4-5,8,13H,6-7,9-10H2,1-3H3,(H,20,24). The highest BCUT2D eigenvalue weighted by Gasteiger charge is 2.29. The zero-order chi connectivity index (χ0) is 17.6. The van der Waals surface area contributed by atoms with Crippen LogP contribution in [0.25, 0.3) is 10.9 Å². The average molecular weight is 338 g/mol. The van der Waals surface area contributed by atoms with E-state index in [1.54, 1.807) is 6.07 Å². The molecule has 0 spiro atoms. The number of aromatic nitrogens is 3. The summed E-state index contributed by atoms with van der Waals surface area (Å²) in [6, 6.07) is 5.73. The fourth-order valence-corrected chi connectivity index (χ4v) is 3.22. The molecule has 0 atom stereocenters. The third-order valence-corrected chi connectivity index (χ3v) is 4.72. The number of nitrogens with one attached hydrogen (secondary N) is 1. The second-order valence-corrected chi connectivity index (χ2v) is 7.10. The van der Waals surface area contributed by atoms with Crippen LogP contribution in [0, 0.1) is 13.8 Å². The summed E-state index contributed by atoms with van der Waals surface area (Å²) < 4.78 is 5.30. The molecule has 3 aromatic rings. The van der Waals surface area contributed by atoms with Gasteiger partial charge in [0, 0.05) is 29.6 Å². The highest BCUT2D eigenvalue weighted by Crippen LogP contribution is 2.38. The Balaban J connectivity index is 1.55. The lowest BCUT2D eigenvalue weighted by molar-refractivity contribution is 0.297. The van der Waals surface area contributed by atoms with Crippen LogP contribution < -0.4 is 5.43 Å². The first-order chi connectivity index (χ1) is 12.0. The first kappa shape index (κ1) is 16.0. The average Bonchev–Trinajstić information content (AvgIpc) is 3.31. The molecule has 1 aliphatic carbocycles. The molecule has 0 bridgehead atoms. The van der Waals surface area contributed by atoms with Crippen LogP contribution in [0.1, 0.15) is 47.3 Å². The van der Waals surface area contributed by atoms with Crippen LogP contribution in [0.4, 0.5) is 0 Å². The van der Waals surface area contributed by atoms with E-state index in [1.807, 2.05) is 33.0 Å². The minimum Gasteiger partial charge on any atom is -0.357 e. The molecule has 6 heteroatoms. The Labute approximate surface area is 145 Å². The van der Waals surface area contributed by atoms with E-state index in [0.29, 0.717) is 24.8 Å². The van der Waals surface area contributed by atoms with E-state index in [0.717, 1.165) is 46.5 Å². The van der Waals surface area contributed by atoms with Crippen LogP contribution in [0.2, 0.25) is 0 Å². The SMILES string of the molecule is Cc1ccc(C)c2c(=O)cc(CN(C)Cc3noc(C4CC4)n3)[nH]c12. The van der Waals surface area contributed by atoms with E-state index >= 15 is 0 Å². The number of aromatic amines is 1. The maximum atomic E-state index is 12.5. The smallest absolute Gasteiger partial charge is 0.229 e. The van der Waals surface area contributed by atoms with E-state index in [4.69, 9.17) is 4.52 Å². The first-order valence-corrected chi connectivity index (χ1v) is 8.64. The van der Waals surface area contributed by atoms with Crippen LogP contribution in [0.3, 0.4) is 0 Å². The van der Waals surface area contributed by atoms with Gasteiger partial charge in [-0.3, -0.25) is 9.69 Å². The van der Waals surface area contributed by atoms with Crippen LogP contribution >= 0.6 is 0 Å². The number of H-pyrrole nitrogens is 1. The van der Waals surface area contributed by atoms with Crippen molar-refractivity contribution in [2.45, 2.75) is 45.7 Å². The molecule has 1 N–H and O–H groups in total. The van der Waals surface area contributed by atoms with Crippen molar-refractivity contribution in [3.8, 4) is 0 Å². The third-order valence-electron chi connectivity index (χ3n) is 4.72. The zero-order valence-electron chi connectivity index (χ0n) is 14.8. The molecular weight excluding hydrogens is 316 g/mol. The van der Waals surface area contributed by atoms with Gasteiger partial charge < -0.3 is 9.51 Å². The van der Waals surface area contributed by atoms with Crippen molar-refractivity contribution in [1.29, 1.82) is 0 Å². The number of hydrogen-bond donors (Lipinski definition) is 1. The molecule has 0 radical (unpaired) electrons. The number of hydrogen-bond acceptors (Lipinski definition) is 5. The van der Waals surface area contributed by atoms with Gasteiger partial charge in [-0.25, -0.2) is 0 Å². The lowest BCUT2D eigenvalue weighted by atomic mass is 10.0. The van der Waals surface area contributed by atoms with Gasteiger partial charge >= 0.3 is 0 Å². The highest BCUT2D eigenvalue weighted by molar-refractivity contribution is 5.84. The zero-order valence-corrected chi connectivity index (χ0v) is 14.8. The summed E-state index contributed by atoms with van der Waals surface area (Å²) in [5.41, 5.74) is 3.95. The maximum absolute atomic E-state index is 12.5. The minimum absolute atomic E-state index is 0.0638. The van der Waals surface area contributed by atoms with E-state index in [-0.39, 0.29) is 5.43 Å². The van der Waals surface area contributed by atoms with E-state index in [2.05, 4.69) is 20.0 Å². The van der Waals surface area contributed by atoms with E-state index < -0.39 is 0 Å². The molecule has 2 aromatic heterocycles. The Kier molecular flexibility index (Phi) is 3.92. The first-order valence-electron chi connectivity index (χ1n) is 8.64. The normalized spacial score (nSPS) is 14.6. The van der Waals surface area contributed by atoms with Gasteiger partial charge in [-0.1, -0.05) is 17.3 Å². The topological polar surface area (TPSA) is 75.0 Å². The molecule has 130 valence electrons. The predicted octanol–water partition coefficient (Wildman–Crippen LogP) is 3.04. The number of aryl methyl sites for hydroxylation is 2. The summed E-state index contributed by atoms with van der Waals surface area (Å²) >= 11 is 0. The summed E-state index contributed by atoms with van der Waals surface area (Å²) in [4.78, 5) is 22.5. The number of rotatable bonds is 5. The molecule has 1 aromatic carbocycles. The van der Waals surface area contributed by atoms with Crippen molar-refractivity contribution < 1.29 is 4.52 Å². The minimum atomic E-state index is 0.0638. The second-order valence-electron chi connectivity index (χ2n) is 7.10. The fraction of sp³-hybridized carbons (Fsp3) is 0.421. The van der Waals surface area contributed by atoms with Gasteiger partial charge in [0.1, 0.15) is 0 Å². The summed E-state index contributed by atoms with van der Waals surface area (Å²) in [5, 5.41) is 4.83. The van der Waals surface area contributed by atoms with Crippen LogP contribution in [-0.4, -0.2) is 27.1 Å². The van der Waals surface area contributed by atoms with Gasteiger partial charge in [-0.05, 0) is 44.9 Å². The van der Waals surface area contributed by atoms with Crippen molar-refractivity contribution in [3.63, 3.8) is 0 Å². The van der Waals surface area contributed by atoms with Gasteiger partial charge in [-0.15, -0.1) is 0 Å². The third kappa shape index (κ3) is 3.22. The monoisotopic (exact) mass is 338 g/mol. The van der Waals surface area contributed by atoms with Gasteiger partial charge in [0.15, 0.2) is 11.3 Å². The van der Waals surface area contributed by atoms with Crippen molar-refractivity contribution in [2.75, 3.05) is 7.05 Å². The van der Waals surface area contributed by atoms with Gasteiger partial charge in [0.25, 0.3) is 0 Å². The molecule has 2 heterocycles. The molecule has 25 heavy (non-hydrogen) atoms. The number of nitrogens with zero attached hydrogens (tertiary/aromatic N) is 3. The Morgan fingerprint density at radius 2 is 2.00 bits per heavy atom. The summed E-state index contributed by atoms with van der Waals surface area (Å²) in [6.07, 6.45) is 2.29. The quantitative estimate of drug-likeness (QED) is 0.774. The largest absolute Gasteiger partial charge is 0.357 e. The Morgan fingerprint density at radius 3 is 2.76 bits per heavy atom. The number of benzene rings is 1. The molecule has 4 rings (SSSR count). The van der Waals surface area contributed by atoms with Gasteiger partial charge in [-0.2, -0.15) is 4.98 Å². The molecule has 6 nitrogen and oxygen atoms in total. The Hall–Kier alpha value is -2.47. The summed E-state index contributed by atoms with van der Waals surface area (Å²) in [5.74, 6) is 1.92. The lowest BCUT2D eigenvalue weighted by Gasteiger charge is -2.15. The Bertz CT molecular complexity index is 985. The summed E-state index contributed by atoms with van der Waals surface area (Å²) in [6.45, 7) is 5.19. The van der Waals surface area contributed by atoms with Gasteiger partial charge in [0.05, 0.1) is 12.1 Å². The molecule has 1 aliphatic rings. The number of fused-ring (bicyclic) bond motifs is 1. The molecular formula is C19H22N4O2. The van der Waals surface area contributed by atoms with Gasteiger partial charge in [0.2, 0.25) is 5.89 Å². The highest BCUT2D eigenvalue weighted by atomic mass is 16.5. The van der Waals surface area contributed by atoms with Crippen molar-refractivity contribution in [2.24, 2.45) is 0 Å². The van der Waals surface area contributed by atoms with Crippen LogP contribution in [-0.2, 0) is 13.1 Å².